The highest BCUT2D eigenvalue weighted by Gasteiger charge is 2.34. The van der Waals surface area contributed by atoms with Crippen LogP contribution in [0.3, 0.4) is 0 Å². The van der Waals surface area contributed by atoms with Gasteiger partial charge in [0.2, 0.25) is 5.91 Å². The fraction of sp³-hybridized carbons (Fsp3) is 0.444. The standard InChI is InChI=1S/C9H12N2O/c10-9(12)7-5-11-8-4-2-1-3-6(7)8/h1-2,4,6-7,11H,3,5H2,(H2,10,12). The summed E-state index contributed by atoms with van der Waals surface area (Å²) in [6.07, 6.45) is 7.06. The average molecular weight is 164 g/mol. The maximum atomic E-state index is 11.0. The zero-order chi connectivity index (χ0) is 8.55. The number of nitrogens with one attached hydrogen (secondary N) is 1. The van der Waals surface area contributed by atoms with Gasteiger partial charge in [-0.05, 0) is 12.5 Å². The Balaban J connectivity index is 2.20. The lowest BCUT2D eigenvalue weighted by atomic mass is 9.88. The van der Waals surface area contributed by atoms with Gasteiger partial charge >= 0.3 is 0 Å². The number of hydrogen-bond donors (Lipinski definition) is 2. The van der Waals surface area contributed by atoms with Crippen LogP contribution in [-0.2, 0) is 4.79 Å². The summed E-state index contributed by atoms with van der Waals surface area (Å²) in [4.78, 5) is 11.0. The van der Waals surface area contributed by atoms with Gasteiger partial charge in [-0.3, -0.25) is 4.79 Å². The number of fused-ring (bicyclic) bond motifs is 1. The van der Waals surface area contributed by atoms with Crippen LogP contribution >= 0.6 is 0 Å². The Morgan fingerprint density at radius 3 is 3.25 bits per heavy atom. The van der Waals surface area contributed by atoms with E-state index in [1.165, 1.54) is 5.70 Å². The lowest BCUT2D eigenvalue weighted by molar-refractivity contribution is -0.122. The largest absolute Gasteiger partial charge is 0.387 e. The van der Waals surface area contributed by atoms with Gasteiger partial charge in [-0.1, -0.05) is 12.2 Å². The van der Waals surface area contributed by atoms with E-state index in [2.05, 4.69) is 11.4 Å². The number of primary amides is 1. The lowest BCUT2D eigenvalue weighted by Gasteiger charge is -2.16. The highest BCUT2D eigenvalue weighted by molar-refractivity contribution is 5.78. The molecule has 64 valence electrons. The van der Waals surface area contributed by atoms with Gasteiger partial charge in [-0.2, -0.15) is 0 Å². The fourth-order valence-electron chi connectivity index (χ4n) is 1.89. The van der Waals surface area contributed by atoms with Crippen molar-refractivity contribution < 1.29 is 4.79 Å². The molecule has 1 heterocycles. The minimum atomic E-state index is -0.189. The van der Waals surface area contributed by atoms with E-state index in [-0.39, 0.29) is 11.8 Å². The second-order valence-corrected chi connectivity index (χ2v) is 3.28. The smallest absolute Gasteiger partial charge is 0.222 e. The molecule has 3 nitrogen and oxygen atoms in total. The van der Waals surface area contributed by atoms with Crippen LogP contribution in [0, 0.1) is 11.8 Å². The molecular formula is C9H12N2O. The maximum Gasteiger partial charge on any atom is 0.222 e. The van der Waals surface area contributed by atoms with Gasteiger partial charge in [0.25, 0.3) is 0 Å². The molecule has 0 saturated carbocycles. The first-order valence-corrected chi connectivity index (χ1v) is 4.19. The fourth-order valence-corrected chi connectivity index (χ4v) is 1.89. The molecule has 0 radical (unpaired) electrons. The Labute approximate surface area is 71.3 Å². The predicted octanol–water partition coefficient (Wildman–Crippen LogP) is 0.151. The van der Waals surface area contributed by atoms with Gasteiger partial charge in [-0.15, -0.1) is 0 Å². The zero-order valence-electron chi connectivity index (χ0n) is 6.79. The molecule has 0 aromatic carbocycles. The summed E-state index contributed by atoms with van der Waals surface area (Å²) in [6.45, 7) is 0.702. The van der Waals surface area contributed by atoms with Crippen molar-refractivity contribution in [3.8, 4) is 0 Å². The van der Waals surface area contributed by atoms with E-state index in [1.54, 1.807) is 0 Å². The van der Waals surface area contributed by atoms with Crippen molar-refractivity contribution in [1.82, 2.24) is 5.32 Å². The summed E-state index contributed by atoms with van der Waals surface area (Å²) in [5, 5.41) is 3.20. The molecule has 1 aliphatic heterocycles. The minimum Gasteiger partial charge on any atom is -0.387 e. The monoisotopic (exact) mass is 164 g/mol. The number of amides is 1. The van der Waals surface area contributed by atoms with Crippen LogP contribution in [0.15, 0.2) is 23.9 Å². The van der Waals surface area contributed by atoms with Crippen LogP contribution in [0.4, 0.5) is 0 Å². The molecule has 2 rings (SSSR count). The van der Waals surface area contributed by atoms with Crippen LogP contribution < -0.4 is 11.1 Å². The second-order valence-electron chi connectivity index (χ2n) is 3.28. The summed E-state index contributed by atoms with van der Waals surface area (Å²) < 4.78 is 0. The number of carbonyl (C=O) groups excluding carboxylic acids is 1. The summed E-state index contributed by atoms with van der Waals surface area (Å²) in [6, 6.07) is 0. The van der Waals surface area contributed by atoms with Crippen molar-refractivity contribution in [3.05, 3.63) is 23.9 Å². The van der Waals surface area contributed by atoms with E-state index in [4.69, 9.17) is 5.73 Å². The van der Waals surface area contributed by atoms with Gasteiger partial charge in [0, 0.05) is 18.2 Å². The minimum absolute atomic E-state index is 0.0128. The van der Waals surface area contributed by atoms with Crippen LogP contribution in [0.1, 0.15) is 6.42 Å². The molecule has 3 heteroatoms. The summed E-state index contributed by atoms with van der Waals surface area (Å²) in [5.41, 5.74) is 6.44. The average Bonchev–Trinajstić information content (AvgIpc) is 2.47. The number of nitrogens with two attached hydrogens (primary N) is 1. The summed E-state index contributed by atoms with van der Waals surface area (Å²) in [7, 11) is 0. The number of carbonyl (C=O) groups is 1. The van der Waals surface area contributed by atoms with Crippen molar-refractivity contribution in [2.24, 2.45) is 17.6 Å². The van der Waals surface area contributed by atoms with Crippen LogP contribution in [0.25, 0.3) is 0 Å². The van der Waals surface area contributed by atoms with E-state index in [1.807, 2.05) is 12.2 Å². The van der Waals surface area contributed by atoms with E-state index in [0.29, 0.717) is 12.5 Å². The summed E-state index contributed by atoms with van der Waals surface area (Å²) >= 11 is 0. The molecule has 2 atom stereocenters. The first-order chi connectivity index (χ1) is 5.79. The molecule has 0 aromatic rings. The normalized spacial score (nSPS) is 32.2. The third-order valence-corrected chi connectivity index (χ3v) is 2.58. The molecule has 1 aliphatic carbocycles. The Kier molecular flexibility index (Phi) is 1.64. The molecule has 0 spiro atoms. The topological polar surface area (TPSA) is 55.1 Å². The van der Waals surface area contributed by atoms with Crippen molar-refractivity contribution in [2.75, 3.05) is 6.54 Å². The summed E-state index contributed by atoms with van der Waals surface area (Å²) in [5.74, 6) is 0.111. The number of allylic oxidation sites excluding steroid dienone is 4. The molecule has 3 N–H and O–H groups in total. The zero-order valence-corrected chi connectivity index (χ0v) is 6.79. The van der Waals surface area contributed by atoms with E-state index >= 15 is 0 Å². The predicted molar refractivity (Wildman–Crippen MR) is 46.0 cm³/mol. The lowest BCUT2D eigenvalue weighted by Crippen LogP contribution is -2.29. The SMILES string of the molecule is NC(=O)C1CNC2=CC=CCC21. The Morgan fingerprint density at radius 1 is 1.67 bits per heavy atom. The highest BCUT2D eigenvalue weighted by Crippen LogP contribution is 2.30. The molecule has 0 aromatic heterocycles. The van der Waals surface area contributed by atoms with Gasteiger partial charge in [0.05, 0.1) is 5.92 Å². The molecule has 1 saturated heterocycles. The van der Waals surface area contributed by atoms with Crippen molar-refractivity contribution in [1.29, 1.82) is 0 Å². The van der Waals surface area contributed by atoms with E-state index < -0.39 is 0 Å². The van der Waals surface area contributed by atoms with E-state index in [9.17, 15) is 4.79 Å². The first kappa shape index (κ1) is 7.40. The Hall–Kier alpha value is -1.25. The van der Waals surface area contributed by atoms with Crippen LogP contribution in [0.5, 0.6) is 0 Å². The van der Waals surface area contributed by atoms with Crippen molar-refractivity contribution in [2.45, 2.75) is 6.42 Å². The van der Waals surface area contributed by atoms with Crippen LogP contribution in [0.2, 0.25) is 0 Å². The molecule has 2 unspecified atom stereocenters. The van der Waals surface area contributed by atoms with Crippen LogP contribution in [-0.4, -0.2) is 12.5 Å². The van der Waals surface area contributed by atoms with E-state index in [0.717, 1.165) is 6.42 Å². The Bertz CT molecular complexity index is 268. The third kappa shape index (κ3) is 1.02. The molecule has 12 heavy (non-hydrogen) atoms. The van der Waals surface area contributed by atoms with Crippen molar-refractivity contribution in [3.63, 3.8) is 0 Å². The van der Waals surface area contributed by atoms with Crippen molar-refractivity contribution >= 4 is 5.91 Å². The second kappa shape index (κ2) is 2.66. The Morgan fingerprint density at radius 2 is 2.50 bits per heavy atom. The molecule has 0 bridgehead atoms. The molecule has 1 amide bonds. The third-order valence-electron chi connectivity index (χ3n) is 2.58. The van der Waals surface area contributed by atoms with Gasteiger partial charge in [0.1, 0.15) is 0 Å². The first-order valence-electron chi connectivity index (χ1n) is 4.19. The highest BCUT2D eigenvalue weighted by atomic mass is 16.1. The quantitative estimate of drug-likeness (QED) is 0.579. The molecule has 2 aliphatic rings. The van der Waals surface area contributed by atoms with Gasteiger partial charge in [-0.25, -0.2) is 0 Å². The van der Waals surface area contributed by atoms with Gasteiger partial charge < -0.3 is 11.1 Å². The molecule has 1 fully saturated rings. The molecular weight excluding hydrogens is 152 g/mol. The maximum absolute atomic E-state index is 11.0. The number of hydrogen-bond acceptors (Lipinski definition) is 2. The number of rotatable bonds is 1. The van der Waals surface area contributed by atoms with Gasteiger partial charge in [0.15, 0.2) is 0 Å².